The number of aromatic nitrogens is 1. The van der Waals surface area contributed by atoms with Gasteiger partial charge in [0.05, 0.1) is 12.1 Å². The molecule has 1 aliphatic rings. The molecule has 3 N–H and O–H groups in total. The molecule has 1 heterocycles. The summed E-state index contributed by atoms with van der Waals surface area (Å²) in [5, 5.41) is 10.6. The number of amides is 3. The van der Waals surface area contributed by atoms with Crippen molar-refractivity contribution in [2.75, 3.05) is 11.9 Å². The third-order valence-electron chi connectivity index (χ3n) is 3.25. The van der Waals surface area contributed by atoms with Crippen LogP contribution in [0.1, 0.15) is 31.4 Å². The van der Waals surface area contributed by atoms with Crippen LogP contribution in [0.25, 0.3) is 0 Å². The van der Waals surface area contributed by atoms with Gasteiger partial charge in [-0.2, -0.15) is 0 Å². The quantitative estimate of drug-likeness (QED) is 0.703. The molecule has 0 saturated heterocycles. The molecule has 3 amide bonds. The minimum absolute atomic E-state index is 0.109. The smallest absolute Gasteiger partial charge is 0.321 e. The first-order valence-corrected chi connectivity index (χ1v) is 7.95. The van der Waals surface area contributed by atoms with E-state index < -0.39 is 0 Å². The van der Waals surface area contributed by atoms with Crippen molar-refractivity contribution in [2.45, 2.75) is 38.1 Å². The number of carbonyl (C=O) groups excluding carboxylic acids is 2. The lowest BCUT2D eigenvalue weighted by Gasteiger charge is -2.11. The van der Waals surface area contributed by atoms with Gasteiger partial charge >= 0.3 is 6.03 Å². The second-order valence-corrected chi connectivity index (χ2v) is 5.85. The predicted octanol–water partition coefficient (Wildman–Crippen LogP) is 2.05. The van der Waals surface area contributed by atoms with Crippen LogP contribution in [0.5, 0.6) is 0 Å². The summed E-state index contributed by atoms with van der Waals surface area (Å²) in [5.74, 6) is -0.109. The van der Waals surface area contributed by atoms with Gasteiger partial charge in [0, 0.05) is 18.0 Å². The standard InChI is InChI=1S/C14H20N4O2S/c1-2-7-15-12(19)8-11-9-21-14(17-11)18-13(20)16-10-5-3-4-6-10/h2,9-10H,1,3-8H2,(H,15,19)(H2,16,17,18,20). The second kappa shape index (κ2) is 7.78. The minimum atomic E-state index is -0.223. The van der Waals surface area contributed by atoms with Gasteiger partial charge in [0.2, 0.25) is 5.91 Å². The first kappa shape index (κ1) is 15.5. The summed E-state index contributed by atoms with van der Waals surface area (Å²) in [6, 6.07) is 0.0491. The molecule has 21 heavy (non-hydrogen) atoms. The molecule has 0 atom stereocenters. The van der Waals surface area contributed by atoms with Crippen molar-refractivity contribution in [1.29, 1.82) is 0 Å². The van der Waals surface area contributed by atoms with E-state index in [1.807, 2.05) is 0 Å². The van der Waals surface area contributed by atoms with Crippen LogP contribution in [0.15, 0.2) is 18.0 Å². The van der Waals surface area contributed by atoms with E-state index in [1.54, 1.807) is 11.5 Å². The third-order valence-corrected chi connectivity index (χ3v) is 4.05. The van der Waals surface area contributed by atoms with E-state index in [9.17, 15) is 9.59 Å². The molecular formula is C14H20N4O2S. The summed E-state index contributed by atoms with van der Waals surface area (Å²) >= 11 is 1.32. The largest absolute Gasteiger partial charge is 0.352 e. The summed E-state index contributed by atoms with van der Waals surface area (Å²) in [6.07, 6.45) is 6.26. The fourth-order valence-corrected chi connectivity index (χ4v) is 2.95. The Morgan fingerprint density at radius 2 is 2.19 bits per heavy atom. The Balaban J connectivity index is 1.77. The van der Waals surface area contributed by atoms with E-state index in [2.05, 4.69) is 27.5 Å². The highest BCUT2D eigenvalue weighted by atomic mass is 32.1. The van der Waals surface area contributed by atoms with Gasteiger partial charge in [-0.25, -0.2) is 9.78 Å². The number of carbonyl (C=O) groups is 2. The van der Waals surface area contributed by atoms with Gasteiger partial charge in [0.1, 0.15) is 0 Å². The van der Waals surface area contributed by atoms with Crippen molar-refractivity contribution in [3.63, 3.8) is 0 Å². The minimum Gasteiger partial charge on any atom is -0.352 e. The molecule has 1 aromatic rings. The van der Waals surface area contributed by atoms with Crippen LogP contribution in [0.2, 0.25) is 0 Å². The number of thiazole rings is 1. The van der Waals surface area contributed by atoms with Gasteiger partial charge in [0.15, 0.2) is 5.13 Å². The van der Waals surface area contributed by atoms with Crippen LogP contribution in [-0.2, 0) is 11.2 Å². The maximum absolute atomic E-state index is 11.8. The lowest BCUT2D eigenvalue weighted by molar-refractivity contribution is -0.120. The molecule has 2 rings (SSSR count). The van der Waals surface area contributed by atoms with Crippen LogP contribution < -0.4 is 16.0 Å². The first-order valence-electron chi connectivity index (χ1n) is 7.07. The van der Waals surface area contributed by atoms with E-state index >= 15 is 0 Å². The average molecular weight is 308 g/mol. The number of urea groups is 1. The second-order valence-electron chi connectivity index (χ2n) is 4.99. The Morgan fingerprint density at radius 3 is 2.90 bits per heavy atom. The summed E-state index contributed by atoms with van der Waals surface area (Å²) in [5.41, 5.74) is 0.651. The molecule has 6 nitrogen and oxygen atoms in total. The van der Waals surface area contributed by atoms with Crippen LogP contribution in [0.4, 0.5) is 9.93 Å². The van der Waals surface area contributed by atoms with Crippen molar-refractivity contribution >= 4 is 28.4 Å². The Labute approximate surface area is 128 Å². The number of hydrogen-bond acceptors (Lipinski definition) is 4. The van der Waals surface area contributed by atoms with E-state index in [-0.39, 0.29) is 24.4 Å². The molecule has 0 spiro atoms. The first-order chi connectivity index (χ1) is 10.2. The molecule has 114 valence electrons. The molecule has 7 heteroatoms. The molecule has 0 radical (unpaired) electrons. The number of nitrogens with one attached hydrogen (secondary N) is 3. The highest BCUT2D eigenvalue weighted by Crippen LogP contribution is 2.19. The average Bonchev–Trinajstić information content (AvgIpc) is 3.08. The van der Waals surface area contributed by atoms with Crippen molar-refractivity contribution in [1.82, 2.24) is 15.6 Å². The van der Waals surface area contributed by atoms with Gasteiger partial charge in [-0.3, -0.25) is 10.1 Å². The van der Waals surface area contributed by atoms with Crippen LogP contribution >= 0.6 is 11.3 Å². The summed E-state index contributed by atoms with van der Waals surface area (Å²) in [7, 11) is 0. The van der Waals surface area contributed by atoms with Crippen molar-refractivity contribution < 1.29 is 9.59 Å². The van der Waals surface area contributed by atoms with Crippen molar-refractivity contribution in [3.8, 4) is 0 Å². The molecule has 0 bridgehead atoms. The Morgan fingerprint density at radius 1 is 1.43 bits per heavy atom. The Kier molecular flexibility index (Phi) is 5.74. The number of anilines is 1. The monoisotopic (exact) mass is 308 g/mol. The number of hydrogen-bond donors (Lipinski definition) is 3. The molecule has 0 aromatic carbocycles. The SMILES string of the molecule is C=CCNC(=O)Cc1csc(NC(=O)NC2CCCC2)n1. The summed E-state index contributed by atoms with van der Waals surface area (Å²) in [4.78, 5) is 27.6. The topological polar surface area (TPSA) is 83.1 Å². The highest BCUT2D eigenvalue weighted by molar-refractivity contribution is 7.13. The van der Waals surface area contributed by atoms with E-state index in [0.717, 1.165) is 12.8 Å². The maximum atomic E-state index is 11.8. The van der Waals surface area contributed by atoms with Crippen molar-refractivity contribution in [3.05, 3.63) is 23.7 Å². The molecule has 1 aromatic heterocycles. The molecule has 1 aliphatic carbocycles. The summed E-state index contributed by atoms with van der Waals surface area (Å²) in [6.45, 7) is 3.98. The fourth-order valence-electron chi connectivity index (χ4n) is 2.25. The van der Waals surface area contributed by atoms with Gasteiger partial charge in [0.25, 0.3) is 0 Å². The van der Waals surface area contributed by atoms with Gasteiger partial charge in [-0.15, -0.1) is 17.9 Å². The summed E-state index contributed by atoms with van der Waals surface area (Å²) < 4.78 is 0. The number of nitrogens with zero attached hydrogens (tertiary/aromatic N) is 1. The van der Waals surface area contributed by atoms with Gasteiger partial charge in [-0.05, 0) is 12.8 Å². The molecule has 0 aliphatic heterocycles. The van der Waals surface area contributed by atoms with E-state index in [0.29, 0.717) is 17.4 Å². The Bertz CT molecular complexity index is 509. The van der Waals surface area contributed by atoms with E-state index in [1.165, 1.54) is 24.2 Å². The zero-order valence-electron chi connectivity index (χ0n) is 11.9. The van der Waals surface area contributed by atoms with Crippen molar-refractivity contribution in [2.24, 2.45) is 0 Å². The third kappa shape index (κ3) is 5.18. The van der Waals surface area contributed by atoms with Crippen LogP contribution in [0.3, 0.4) is 0 Å². The lowest BCUT2D eigenvalue weighted by atomic mass is 10.3. The normalized spacial score (nSPS) is 14.7. The highest BCUT2D eigenvalue weighted by Gasteiger charge is 2.17. The zero-order valence-corrected chi connectivity index (χ0v) is 12.7. The molecular weight excluding hydrogens is 288 g/mol. The molecule has 1 fully saturated rings. The number of rotatable bonds is 6. The van der Waals surface area contributed by atoms with Crippen LogP contribution in [-0.4, -0.2) is 29.5 Å². The Hall–Kier alpha value is -1.89. The van der Waals surface area contributed by atoms with Crippen LogP contribution in [0, 0.1) is 0 Å². The maximum Gasteiger partial charge on any atom is 0.321 e. The zero-order chi connectivity index (χ0) is 15.1. The fraction of sp³-hybridized carbons (Fsp3) is 0.500. The molecule has 0 unspecified atom stereocenters. The van der Waals surface area contributed by atoms with E-state index in [4.69, 9.17) is 0 Å². The van der Waals surface area contributed by atoms with Gasteiger partial charge in [-0.1, -0.05) is 18.9 Å². The predicted molar refractivity (Wildman–Crippen MR) is 83.4 cm³/mol. The van der Waals surface area contributed by atoms with Gasteiger partial charge < -0.3 is 10.6 Å². The lowest BCUT2D eigenvalue weighted by Crippen LogP contribution is -2.36. The molecule has 1 saturated carbocycles.